The van der Waals surface area contributed by atoms with Gasteiger partial charge in [0, 0.05) is 25.5 Å². The molecule has 2 amide bonds. The zero-order valence-corrected chi connectivity index (χ0v) is 12.8. The van der Waals surface area contributed by atoms with Gasteiger partial charge in [0.1, 0.15) is 12.3 Å². The lowest BCUT2D eigenvalue weighted by Crippen LogP contribution is -2.51. The molecule has 0 radical (unpaired) electrons. The number of hydrogen-bond acceptors (Lipinski definition) is 4. The highest BCUT2D eigenvalue weighted by molar-refractivity contribution is 5.97. The fourth-order valence-electron chi connectivity index (χ4n) is 2.81. The number of piperidine rings is 1. The Bertz CT molecular complexity index is 655. The Morgan fingerprint density at radius 3 is 3.00 bits per heavy atom. The predicted molar refractivity (Wildman–Crippen MR) is 83.5 cm³/mol. The van der Waals surface area contributed by atoms with Crippen LogP contribution in [0.1, 0.15) is 35.2 Å². The highest BCUT2D eigenvalue weighted by atomic mass is 16.3. The molecule has 1 saturated heterocycles. The second-order valence-electron chi connectivity index (χ2n) is 5.60. The molecule has 1 aliphatic rings. The first kappa shape index (κ1) is 15.3. The molecule has 120 valence electrons. The zero-order valence-electron chi connectivity index (χ0n) is 12.8. The molecule has 6 nitrogen and oxygen atoms in total. The van der Waals surface area contributed by atoms with E-state index in [1.54, 1.807) is 23.4 Å². The Labute approximate surface area is 134 Å². The summed E-state index contributed by atoms with van der Waals surface area (Å²) in [4.78, 5) is 30.7. The number of nitrogens with one attached hydrogen (secondary N) is 1. The van der Waals surface area contributed by atoms with Crippen molar-refractivity contribution in [3.8, 4) is 0 Å². The summed E-state index contributed by atoms with van der Waals surface area (Å²) in [5.74, 6) is -0.273. The molecule has 0 saturated carbocycles. The number of likely N-dealkylation sites (tertiary alicyclic amines) is 1. The molecule has 1 N–H and O–H groups in total. The second-order valence-corrected chi connectivity index (χ2v) is 5.60. The molecule has 3 rings (SSSR count). The van der Waals surface area contributed by atoms with Crippen molar-refractivity contribution >= 4 is 11.8 Å². The highest BCUT2D eigenvalue weighted by Gasteiger charge is 2.32. The summed E-state index contributed by atoms with van der Waals surface area (Å²) in [6.45, 7) is 1.01. The number of hydrogen-bond donors (Lipinski definition) is 1. The first-order valence-corrected chi connectivity index (χ1v) is 7.75. The van der Waals surface area contributed by atoms with Crippen molar-refractivity contribution in [2.45, 2.75) is 31.8 Å². The van der Waals surface area contributed by atoms with Crippen LogP contribution in [0.5, 0.6) is 0 Å². The molecule has 0 spiro atoms. The SMILES string of the molecule is O=C(NCc1cccnc1)[C@H]1CCCCN1C(=O)c1ccoc1. The zero-order chi connectivity index (χ0) is 16.1. The summed E-state index contributed by atoms with van der Waals surface area (Å²) >= 11 is 0. The molecule has 0 aromatic carbocycles. The smallest absolute Gasteiger partial charge is 0.257 e. The summed E-state index contributed by atoms with van der Waals surface area (Å²) in [6, 6.07) is 4.93. The third kappa shape index (κ3) is 3.59. The third-order valence-corrected chi connectivity index (χ3v) is 4.02. The number of carbonyl (C=O) groups is 2. The fraction of sp³-hybridized carbons (Fsp3) is 0.353. The summed E-state index contributed by atoms with van der Waals surface area (Å²) in [7, 11) is 0. The maximum absolute atomic E-state index is 12.5. The van der Waals surface area contributed by atoms with Gasteiger partial charge in [-0.3, -0.25) is 14.6 Å². The lowest BCUT2D eigenvalue weighted by Gasteiger charge is -2.34. The van der Waals surface area contributed by atoms with Crippen LogP contribution in [0.2, 0.25) is 0 Å². The fourth-order valence-corrected chi connectivity index (χ4v) is 2.81. The van der Waals surface area contributed by atoms with Gasteiger partial charge in [0.2, 0.25) is 5.91 Å². The standard InChI is InChI=1S/C17H19N3O3/c21-16(19-11-13-4-3-7-18-10-13)15-5-1-2-8-20(15)17(22)14-6-9-23-12-14/h3-4,6-7,9-10,12,15H,1-2,5,8,11H2,(H,19,21)/t15-/m1/s1. The number of rotatable bonds is 4. The van der Waals surface area contributed by atoms with Crippen molar-refractivity contribution < 1.29 is 14.0 Å². The summed E-state index contributed by atoms with van der Waals surface area (Å²) < 4.78 is 4.97. The second kappa shape index (κ2) is 7.09. The molecule has 0 bridgehead atoms. The molecule has 6 heteroatoms. The van der Waals surface area contributed by atoms with Gasteiger partial charge in [-0.2, -0.15) is 0 Å². The van der Waals surface area contributed by atoms with Crippen molar-refractivity contribution in [2.24, 2.45) is 0 Å². The Morgan fingerprint density at radius 2 is 2.26 bits per heavy atom. The monoisotopic (exact) mass is 313 g/mol. The van der Waals surface area contributed by atoms with E-state index in [4.69, 9.17) is 4.42 Å². The van der Waals surface area contributed by atoms with E-state index in [9.17, 15) is 9.59 Å². The van der Waals surface area contributed by atoms with Crippen LogP contribution in [0.25, 0.3) is 0 Å². The van der Waals surface area contributed by atoms with Crippen LogP contribution >= 0.6 is 0 Å². The molecular formula is C17H19N3O3. The quantitative estimate of drug-likeness (QED) is 0.936. The molecule has 3 heterocycles. The summed E-state index contributed by atoms with van der Waals surface area (Å²) in [5.41, 5.74) is 1.42. The van der Waals surface area contributed by atoms with Gasteiger partial charge >= 0.3 is 0 Å². The van der Waals surface area contributed by atoms with Gasteiger partial charge in [0.25, 0.3) is 5.91 Å². The third-order valence-electron chi connectivity index (χ3n) is 4.02. The summed E-state index contributed by atoms with van der Waals surface area (Å²) in [5, 5.41) is 2.90. The number of carbonyl (C=O) groups excluding carboxylic acids is 2. The van der Waals surface area contributed by atoms with E-state index in [0.29, 0.717) is 25.1 Å². The van der Waals surface area contributed by atoms with E-state index in [1.807, 2.05) is 12.1 Å². The van der Waals surface area contributed by atoms with Gasteiger partial charge in [-0.15, -0.1) is 0 Å². The Morgan fingerprint density at radius 1 is 1.35 bits per heavy atom. The van der Waals surface area contributed by atoms with Crippen LogP contribution in [-0.4, -0.2) is 34.3 Å². The van der Waals surface area contributed by atoms with Crippen molar-refractivity contribution in [1.82, 2.24) is 15.2 Å². The Kier molecular flexibility index (Phi) is 4.71. The van der Waals surface area contributed by atoms with Crippen LogP contribution in [0.4, 0.5) is 0 Å². The molecule has 2 aromatic rings. The molecular weight excluding hydrogens is 294 g/mol. The minimum Gasteiger partial charge on any atom is -0.472 e. The average Bonchev–Trinajstić information content (AvgIpc) is 3.14. The van der Waals surface area contributed by atoms with Crippen LogP contribution < -0.4 is 5.32 Å². The maximum atomic E-state index is 12.5. The van der Waals surface area contributed by atoms with Crippen molar-refractivity contribution in [2.75, 3.05) is 6.54 Å². The topological polar surface area (TPSA) is 75.4 Å². The van der Waals surface area contributed by atoms with Crippen molar-refractivity contribution in [3.05, 3.63) is 54.2 Å². The Hall–Kier alpha value is -2.63. The number of aromatic nitrogens is 1. The lowest BCUT2D eigenvalue weighted by molar-refractivity contribution is -0.126. The predicted octanol–water partition coefficient (Wildman–Crippen LogP) is 1.99. The first-order valence-electron chi connectivity index (χ1n) is 7.75. The van der Waals surface area contributed by atoms with E-state index < -0.39 is 6.04 Å². The first-order chi connectivity index (χ1) is 11.3. The van der Waals surface area contributed by atoms with Crippen LogP contribution in [0.3, 0.4) is 0 Å². The van der Waals surface area contributed by atoms with Gasteiger partial charge in [-0.1, -0.05) is 6.07 Å². The Balaban J connectivity index is 1.66. The number of furan rings is 1. The minimum atomic E-state index is -0.428. The number of amides is 2. The van der Waals surface area contributed by atoms with E-state index in [0.717, 1.165) is 18.4 Å². The van der Waals surface area contributed by atoms with E-state index in [2.05, 4.69) is 10.3 Å². The van der Waals surface area contributed by atoms with Gasteiger partial charge < -0.3 is 14.6 Å². The molecule has 1 atom stereocenters. The largest absolute Gasteiger partial charge is 0.472 e. The van der Waals surface area contributed by atoms with Crippen molar-refractivity contribution in [1.29, 1.82) is 0 Å². The summed E-state index contributed by atoms with van der Waals surface area (Å²) in [6.07, 6.45) is 8.84. The van der Waals surface area contributed by atoms with Gasteiger partial charge in [-0.25, -0.2) is 0 Å². The molecule has 2 aromatic heterocycles. The molecule has 0 aliphatic carbocycles. The van der Waals surface area contributed by atoms with Gasteiger partial charge in [-0.05, 0) is 37.0 Å². The van der Waals surface area contributed by atoms with E-state index in [1.165, 1.54) is 12.5 Å². The molecule has 23 heavy (non-hydrogen) atoms. The van der Waals surface area contributed by atoms with Crippen LogP contribution in [0.15, 0.2) is 47.5 Å². The average molecular weight is 313 g/mol. The molecule has 0 unspecified atom stereocenters. The van der Waals surface area contributed by atoms with Crippen molar-refractivity contribution in [3.63, 3.8) is 0 Å². The van der Waals surface area contributed by atoms with Crippen LogP contribution in [0, 0.1) is 0 Å². The van der Waals surface area contributed by atoms with Crippen LogP contribution in [-0.2, 0) is 11.3 Å². The van der Waals surface area contributed by atoms with E-state index in [-0.39, 0.29) is 11.8 Å². The minimum absolute atomic E-state index is 0.120. The number of nitrogens with zero attached hydrogens (tertiary/aromatic N) is 2. The highest BCUT2D eigenvalue weighted by Crippen LogP contribution is 2.20. The lowest BCUT2D eigenvalue weighted by atomic mass is 10.0. The van der Waals surface area contributed by atoms with E-state index >= 15 is 0 Å². The normalized spacial score (nSPS) is 17.7. The number of pyridine rings is 1. The van der Waals surface area contributed by atoms with Gasteiger partial charge in [0.15, 0.2) is 0 Å². The van der Waals surface area contributed by atoms with Gasteiger partial charge in [0.05, 0.1) is 11.8 Å². The molecule has 1 aliphatic heterocycles. The maximum Gasteiger partial charge on any atom is 0.257 e. The molecule has 1 fully saturated rings.